The average molecular weight is 475 g/mol. The Hall–Kier alpha value is -1.57. The predicted octanol–water partition coefficient (Wildman–Crippen LogP) is 3.65. The lowest BCUT2D eigenvalue weighted by Gasteiger charge is -2.58. The van der Waals surface area contributed by atoms with E-state index in [2.05, 4.69) is 13.0 Å². The molecular formula is C27H38O7. The van der Waals surface area contributed by atoms with E-state index in [4.69, 9.17) is 14.2 Å². The van der Waals surface area contributed by atoms with Gasteiger partial charge in [0.15, 0.2) is 12.1 Å². The number of hydrogen-bond acceptors (Lipinski definition) is 6. The van der Waals surface area contributed by atoms with Crippen LogP contribution in [0.2, 0.25) is 0 Å². The van der Waals surface area contributed by atoms with Crippen molar-refractivity contribution in [3.8, 4) is 0 Å². The maximum absolute atomic E-state index is 13.4. The lowest BCUT2D eigenvalue weighted by molar-refractivity contribution is -0.238. The fraction of sp³-hybridized carbons (Fsp3) is 0.815. The fourth-order valence-electron chi connectivity index (χ4n) is 9.20. The molecule has 0 aromatic heterocycles. The number of ether oxygens (including phenoxy) is 3. The van der Waals surface area contributed by atoms with Crippen LogP contribution in [0, 0.1) is 45.8 Å². The third-order valence-corrected chi connectivity index (χ3v) is 10.4. The maximum Gasteiger partial charge on any atom is 0.315 e. The molecular weight excluding hydrogens is 436 g/mol. The van der Waals surface area contributed by atoms with Gasteiger partial charge in [-0.05, 0) is 55.8 Å². The van der Waals surface area contributed by atoms with Gasteiger partial charge >= 0.3 is 5.97 Å². The number of carbonyl (C=O) groups is 3. The Morgan fingerprint density at radius 1 is 1.29 bits per heavy atom. The smallest absolute Gasteiger partial charge is 0.315 e. The van der Waals surface area contributed by atoms with Crippen molar-refractivity contribution in [2.24, 2.45) is 45.8 Å². The van der Waals surface area contributed by atoms with E-state index in [1.54, 1.807) is 6.92 Å². The first-order valence-electron chi connectivity index (χ1n) is 12.8. The van der Waals surface area contributed by atoms with Crippen molar-refractivity contribution < 1.29 is 33.7 Å². The summed E-state index contributed by atoms with van der Waals surface area (Å²) in [6.45, 7) is 8.27. The van der Waals surface area contributed by atoms with Crippen LogP contribution in [0.3, 0.4) is 0 Å². The lowest BCUT2D eigenvalue weighted by atomic mass is 9.43. The van der Waals surface area contributed by atoms with Crippen LogP contribution in [0.5, 0.6) is 0 Å². The van der Waals surface area contributed by atoms with E-state index in [1.807, 2.05) is 13.8 Å². The summed E-state index contributed by atoms with van der Waals surface area (Å²) in [6.07, 6.45) is 4.71. The molecule has 0 amide bonds. The zero-order valence-corrected chi connectivity index (χ0v) is 20.9. The van der Waals surface area contributed by atoms with Crippen molar-refractivity contribution in [3.05, 3.63) is 11.6 Å². The molecule has 7 heteroatoms. The van der Waals surface area contributed by atoms with Crippen molar-refractivity contribution in [2.45, 2.75) is 78.3 Å². The largest absolute Gasteiger partial charge is 0.481 e. The third-order valence-electron chi connectivity index (χ3n) is 10.4. The molecule has 1 heterocycles. The second kappa shape index (κ2) is 7.97. The number of hydrogen-bond donors (Lipinski definition) is 1. The molecule has 0 spiro atoms. The number of aldehydes is 1. The van der Waals surface area contributed by atoms with E-state index in [0.717, 1.165) is 31.1 Å². The highest BCUT2D eigenvalue weighted by atomic mass is 16.7. The molecule has 0 radical (unpaired) electrons. The van der Waals surface area contributed by atoms with Gasteiger partial charge in [0.05, 0.1) is 24.5 Å². The molecule has 4 aliphatic carbocycles. The number of aliphatic carboxylic acids is 1. The third kappa shape index (κ3) is 2.72. The molecule has 0 aromatic rings. The number of carboxylic acids is 1. The minimum Gasteiger partial charge on any atom is -0.481 e. The van der Waals surface area contributed by atoms with Crippen molar-refractivity contribution in [1.29, 1.82) is 0 Å². The molecule has 7 nitrogen and oxygen atoms in total. The summed E-state index contributed by atoms with van der Waals surface area (Å²) < 4.78 is 17.6. The van der Waals surface area contributed by atoms with Crippen LogP contribution in [0.1, 0.15) is 59.8 Å². The van der Waals surface area contributed by atoms with Gasteiger partial charge in [-0.3, -0.25) is 9.59 Å². The van der Waals surface area contributed by atoms with Crippen LogP contribution >= 0.6 is 0 Å². The summed E-state index contributed by atoms with van der Waals surface area (Å²) >= 11 is 0. The van der Waals surface area contributed by atoms with Crippen molar-refractivity contribution >= 4 is 18.0 Å². The highest BCUT2D eigenvalue weighted by molar-refractivity contribution is 5.90. The molecule has 7 unspecified atom stereocenters. The molecule has 3 saturated carbocycles. The van der Waals surface area contributed by atoms with Gasteiger partial charge in [-0.2, -0.15) is 0 Å². The zero-order valence-electron chi connectivity index (χ0n) is 20.9. The maximum atomic E-state index is 13.4. The standard InChI is InChI=1S/C27H38O7/c1-14(2)20-8-17-10-25(12-28)19-7-6-15(3)18(19)11-26(17,27(20,25)24(30)31)13-33-22-9-21(29)23(32-5)16(4)34-22/h8,12,14-19,22-23H,6-7,9-11,13H2,1-5H3,(H,30,31)/t15?,16-,17?,18?,19?,22+,23+,25?,26?,27?/m0/s1. The van der Waals surface area contributed by atoms with Crippen LogP contribution in [0.15, 0.2) is 11.6 Å². The molecule has 188 valence electrons. The first-order chi connectivity index (χ1) is 16.1. The fourth-order valence-corrected chi connectivity index (χ4v) is 9.20. The van der Waals surface area contributed by atoms with Crippen LogP contribution in [-0.4, -0.2) is 55.4 Å². The molecule has 10 atom stereocenters. The lowest BCUT2D eigenvalue weighted by Crippen LogP contribution is -2.63. The average Bonchev–Trinajstić information content (AvgIpc) is 3.35. The number of Topliss-reactive ketones (excluding diaryl/α,β-unsaturated/α-hetero) is 1. The number of allylic oxidation sites excluding steroid dienone is 1. The summed E-state index contributed by atoms with van der Waals surface area (Å²) in [5, 5.41) is 11.0. The Morgan fingerprint density at radius 3 is 2.62 bits per heavy atom. The highest BCUT2D eigenvalue weighted by Crippen LogP contribution is 2.82. The molecule has 0 aromatic carbocycles. The molecule has 5 rings (SSSR count). The number of ketones is 1. The summed E-state index contributed by atoms with van der Waals surface area (Å²) in [5.74, 6) is -0.136. The molecule has 5 aliphatic rings. The van der Waals surface area contributed by atoms with Gasteiger partial charge in [-0.15, -0.1) is 0 Å². The van der Waals surface area contributed by atoms with Crippen LogP contribution in [0.25, 0.3) is 0 Å². The number of methoxy groups -OCH3 is 1. The van der Waals surface area contributed by atoms with Gasteiger partial charge in [0.2, 0.25) is 0 Å². The Labute approximate surface area is 201 Å². The van der Waals surface area contributed by atoms with Crippen LogP contribution in [-0.2, 0) is 28.6 Å². The summed E-state index contributed by atoms with van der Waals surface area (Å²) in [4.78, 5) is 39.0. The number of carbonyl (C=O) groups excluding carboxylic acids is 2. The van der Waals surface area contributed by atoms with Crippen LogP contribution < -0.4 is 0 Å². The SMILES string of the molecule is CO[C@H]1C(=O)C[C@H](OCC23CC4C(C)CCC4C4(C=O)CC2C=C(C(C)C)C43C(=O)O)O[C@H]1C. The minimum atomic E-state index is -1.27. The minimum absolute atomic E-state index is 0.0190. The van der Waals surface area contributed by atoms with Gasteiger partial charge in [0.25, 0.3) is 0 Å². The number of rotatable bonds is 7. The Morgan fingerprint density at radius 2 is 2.03 bits per heavy atom. The monoisotopic (exact) mass is 474 g/mol. The molecule has 34 heavy (non-hydrogen) atoms. The summed E-state index contributed by atoms with van der Waals surface area (Å²) in [6, 6.07) is 0. The summed E-state index contributed by atoms with van der Waals surface area (Å²) in [5.41, 5.74) is -2.01. The molecule has 1 aliphatic heterocycles. The first kappa shape index (κ1) is 24.1. The topological polar surface area (TPSA) is 99.1 Å². The molecule has 1 N–H and O–H groups in total. The van der Waals surface area contributed by atoms with E-state index in [9.17, 15) is 19.5 Å². The van der Waals surface area contributed by atoms with E-state index < -0.39 is 40.7 Å². The van der Waals surface area contributed by atoms with Crippen molar-refractivity contribution in [3.63, 3.8) is 0 Å². The molecule has 4 fully saturated rings. The van der Waals surface area contributed by atoms with E-state index in [1.165, 1.54) is 7.11 Å². The van der Waals surface area contributed by atoms with Gasteiger partial charge in [0.1, 0.15) is 17.8 Å². The Bertz CT molecular complexity index is 926. The quantitative estimate of drug-likeness (QED) is 0.444. The zero-order chi connectivity index (χ0) is 24.6. The van der Waals surface area contributed by atoms with Crippen molar-refractivity contribution in [1.82, 2.24) is 0 Å². The summed E-state index contributed by atoms with van der Waals surface area (Å²) in [7, 11) is 1.49. The van der Waals surface area contributed by atoms with Gasteiger partial charge in [-0.1, -0.05) is 38.8 Å². The Kier molecular flexibility index (Phi) is 5.66. The molecule has 4 bridgehead atoms. The Balaban J connectivity index is 1.56. The normalized spacial score (nSPS) is 49.3. The first-order valence-corrected chi connectivity index (χ1v) is 12.8. The predicted molar refractivity (Wildman–Crippen MR) is 123 cm³/mol. The van der Waals surface area contributed by atoms with E-state index in [-0.39, 0.29) is 36.6 Å². The second-order valence-corrected chi connectivity index (χ2v) is 11.9. The second-order valence-electron chi connectivity index (χ2n) is 11.9. The van der Waals surface area contributed by atoms with Crippen molar-refractivity contribution in [2.75, 3.05) is 13.7 Å². The highest BCUT2D eigenvalue weighted by Gasteiger charge is 2.84. The van der Waals surface area contributed by atoms with Gasteiger partial charge in [0, 0.05) is 12.5 Å². The number of fused-ring (bicyclic) bond motifs is 2. The number of carboxylic acid groups (broad SMARTS) is 1. The van der Waals surface area contributed by atoms with Crippen LogP contribution in [0.4, 0.5) is 0 Å². The van der Waals surface area contributed by atoms with Gasteiger partial charge in [-0.25, -0.2) is 0 Å². The molecule has 1 saturated heterocycles. The van der Waals surface area contributed by atoms with Gasteiger partial charge < -0.3 is 24.1 Å². The van der Waals surface area contributed by atoms with E-state index >= 15 is 0 Å². The van der Waals surface area contributed by atoms with E-state index in [0.29, 0.717) is 18.3 Å².